The van der Waals surface area contributed by atoms with E-state index in [4.69, 9.17) is 4.74 Å². The Morgan fingerprint density at radius 3 is 2.63 bits per heavy atom. The van der Waals surface area contributed by atoms with Gasteiger partial charge in [0.25, 0.3) is 0 Å². The molecule has 1 heterocycles. The van der Waals surface area contributed by atoms with E-state index in [1.807, 2.05) is 63.2 Å². The van der Waals surface area contributed by atoms with Gasteiger partial charge in [-0.15, -0.1) is 0 Å². The molecule has 5 heteroatoms. The Bertz CT molecular complexity index is 830. The highest BCUT2D eigenvalue weighted by atomic mass is 16.5. The van der Waals surface area contributed by atoms with Gasteiger partial charge in [-0.2, -0.15) is 0 Å². The zero-order chi connectivity index (χ0) is 19.4. The van der Waals surface area contributed by atoms with Crippen LogP contribution in [0, 0.1) is 26.7 Å². The topological polar surface area (TPSA) is 58.6 Å². The summed E-state index contributed by atoms with van der Waals surface area (Å²) in [7, 11) is 0. The highest BCUT2D eigenvalue weighted by Gasteiger charge is 2.35. The Kier molecular flexibility index (Phi) is 5.79. The number of ether oxygens (including phenoxy) is 1. The summed E-state index contributed by atoms with van der Waals surface area (Å²) in [4.78, 5) is 26.6. The van der Waals surface area contributed by atoms with E-state index >= 15 is 0 Å². The van der Waals surface area contributed by atoms with E-state index in [1.54, 1.807) is 4.90 Å². The second-order valence-corrected chi connectivity index (χ2v) is 7.08. The lowest BCUT2D eigenvalue weighted by atomic mass is 10.1. The second kappa shape index (κ2) is 8.25. The summed E-state index contributed by atoms with van der Waals surface area (Å²) in [5.74, 6) is 0.368. The van der Waals surface area contributed by atoms with Gasteiger partial charge >= 0.3 is 0 Å². The van der Waals surface area contributed by atoms with Crippen molar-refractivity contribution < 1.29 is 14.3 Å². The molecule has 27 heavy (non-hydrogen) atoms. The summed E-state index contributed by atoms with van der Waals surface area (Å²) in [6.07, 6.45) is 0.248. The molecule has 2 aromatic carbocycles. The summed E-state index contributed by atoms with van der Waals surface area (Å²) in [5, 5.41) is 2.88. The van der Waals surface area contributed by atoms with Gasteiger partial charge in [0, 0.05) is 18.7 Å². The first-order valence-electron chi connectivity index (χ1n) is 9.29. The van der Waals surface area contributed by atoms with E-state index in [0.717, 1.165) is 22.6 Å². The molecule has 1 fully saturated rings. The van der Waals surface area contributed by atoms with E-state index in [1.165, 1.54) is 5.56 Å². The SMILES string of the molecule is Cc1ccc(OCCNC(=O)C2CC(=O)N(c3cccc(C)c3C)C2)cc1. The fraction of sp³-hybridized carbons (Fsp3) is 0.364. The molecule has 0 bridgehead atoms. The van der Waals surface area contributed by atoms with Crippen LogP contribution in [0.2, 0.25) is 0 Å². The largest absolute Gasteiger partial charge is 0.492 e. The number of nitrogens with zero attached hydrogens (tertiary/aromatic N) is 1. The highest BCUT2D eigenvalue weighted by Crippen LogP contribution is 2.29. The molecule has 0 aromatic heterocycles. The lowest BCUT2D eigenvalue weighted by Crippen LogP contribution is -2.35. The molecule has 2 aromatic rings. The van der Waals surface area contributed by atoms with Crippen molar-refractivity contribution in [2.75, 3.05) is 24.6 Å². The Balaban J connectivity index is 1.50. The number of benzene rings is 2. The van der Waals surface area contributed by atoms with Crippen LogP contribution in [0.4, 0.5) is 5.69 Å². The first kappa shape index (κ1) is 19.0. The van der Waals surface area contributed by atoms with Crippen molar-refractivity contribution in [2.45, 2.75) is 27.2 Å². The first-order valence-corrected chi connectivity index (χ1v) is 9.29. The maximum absolute atomic E-state index is 12.4. The van der Waals surface area contributed by atoms with Crippen molar-refractivity contribution in [3.63, 3.8) is 0 Å². The minimum atomic E-state index is -0.322. The van der Waals surface area contributed by atoms with Gasteiger partial charge in [0.15, 0.2) is 0 Å². The molecule has 0 saturated carbocycles. The van der Waals surface area contributed by atoms with Crippen LogP contribution in [-0.4, -0.2) is 31.5 Å². The number of hydrogen-bond donors (Lipinski definition) is 1. The lowest BCUT2D eigenvalue weighted by Gasteiger charge is -2.20. The molecule has 0 aliphatic carbocycles. The van der Waals surface area contributed by atoms with E-state index in [0.29, 0.717) is 19.7 Å². The van der Waals surface area contributed by atoms with Crippen molar-refractivity contribution in [1.29, 1.82) is 0 Å². The highest BCUT2D eigenvalue weighted by molar-refractivity contribution is 6.00. The van der Waals surface area contributed by atoms with Gasteiger partial charge in [-0.1, -0.05) is 29.8 Å². The monoisotopic (exact) mass is 366 g/mol. The van der Waals surface area contributed by atoms with Gasteiger partial charge in [-0.05, 0) is 50.1 Å². The van der Waals surface area contributed by atoms with E-state index < -0.39 is 0 Å². The third-order valence-electron chi connectivity index (χ3n) is 5.05. The Morgan fingerprint density at radius 1 is 1.15 bits per heavy atom. The number of carbonyl (C=O) groups is 2. The van der Waals surface area contributed by atoms with E-state index in [-0.39, 0.29) is 24.2 Å². The first-order chi connectivity index (χ1) is 13.0. The number of carbonyl (C=O) groups excluding carboxylic acids is 2. The number of rotatable bonds is 6. The van der Waals surface area contributed by atoms with Crippen LogP contribution in [0.5, 0.6) is 5.75 Å². The van der Waals surface area contributed by atoms with Gasteiger partial charge in [0.2, 0.25) is 11.8 Å². The third-order valence-corrected chi connectivity index (χ3v) is 5.05. The standard InChI is InChI=1S/C22H26N2O3/c1-15-7-9-19(10-8-15)27-12-11-23-22(26)18-13-21(25)24(14-18)20-6-4-5-16(2)17(20)3/h4-10,18H,11-14H2,1-3H3,(H,23,26). The Morgan fingerprint density at radius 2 is 1.89 bits per heavy atom. The number of hydrogen-bond acceptors (Lipinski definition) is 3. The molecule has 1 aliphatic rings. The molecular formula is C22H26N2O3. The van der Waals surface area contributed by atoms with Crippen molar-refractivity contribution in [3.8, 4) is 5.75 Å². The molecule has 1 aliphatic heterocycles. The van der Waals surface area contributed by atoms with Crippen LogP contribution < -0.4 is 15.0 Å². The van der Waals surface area contributed by atoms with Crippen molar-refractivity contribution in [2.24, 2.45) is 5.92 Å². The lowest BCUT2D eigenvalue weighted by molar-refractivity contribution is -0.126. The smallest absolute Gasteiger partial charge is 0.227 e. The quantitative estimate of drug-likeness (QED) is 0.799. The zero-order valence-corrected chi connectivity index (χ0v) is 16.1. The summed E-state index contributed by atoms with van der Waals surface area (Å²) >= 11 is 0. The molecule has 2 amide bonds. The molecular weight excluding hydrogens is 340 g/mol. The summed E-state index contributed by atoms with van der Waals surface area (Å²) in [6.45, 7) is 7.30. The second-order valence-electron chi connectivity index (χ2n) is 7.08. The fourth-order valence-electron chi connectivity index (χ4n) is 3.27. The Labute approximate surface area is 160 Å². The van der Waals surface area contributed by atoms with Crippen LogP contribution in [0.25, 0.3) is 0 Å². The molecule has 1 atom stereocenters. The summed E-state index contributed by atoms with van der Waals surface area (Å²) < 4.78 is 5.62. The molecule has 3 rings (SSSR count). The van der Waals surface area contributed by atoms with Crippen LogP contribution in [0.15, 0.2) is 42.5 Å². The molecule has 1 saturated heterocycles. The van der Waals surface area contributed by atoms with Gasteiger partial charge in [-0.3, -0.25) is 9.59 Å². The van der Waals surface area contributed by atoms with Gasteiger partial charge in [-0.25, -0.2) is 0 Å². The molecule has 0 spiro atoms. The minimum absolute atomic E-state index is 0.000227. The van der Waals surface area contributed by atoms with Gasteiger partial charge < -0.3 is 15.0 Å². The minimum Gasteiger partial charge on any atom is -0.492 e. The molecule has 0 radical (unpaired) electrons. The average Bonchev–Trinajstić information content (AvgIpc) is 3.04. The van der Waals surface area contributed by atoms with Crippen LogP contribution in [-0.2, 0) is 9.59 Å². The van der Waals surface area contributed by atoms with Crippen molar-refractivity contribution >= 4 is 17.5 Å². The van der Waals surface area contributed by atoms with E-state index in [2.05, 4.69) is 5.32 Å². The maximum atomic E-state index is 12.4. The predicted molar refractivity (Wildman–Crippen MR) is 106 cm³/mol. The van der Waals surface area contributed by atoms with E-state index in [9.17, 15) is 9.59 Å². The predicted octanol–water partition coefficient (Wildman–Crippen LogP) is 3.16. The summed E-state index contributed by atoms with van der Waals surface area (Å²) in [5.41, 5.74) is 4.30. The molecule has 1 N–H and O–H groups in total. The third kappa shape index (κ3) is 4.48. The summed E-state index contributed by atoms with van der Waals surface area (Å²) in [6, 6.07) is 13.7. The average molecular weight is 366 g/mol. The van der Waals surface area contributed by atoms with Crippen molar-refractivity contribution in [3.05, 3.63) is 59.2 Å². The van der Waals surface area contributed by atoms with Crippen molar-refractivity contribution in [1.82, 2.24) is 5.32 Å². The molecule has 142 valence electrons. The number of aryl methyl sites for hydroxylation is 2. The molecule has 1 unspecified atom stereocenters. The number of amides is 2. The maximum Gasteiger partial charge on any atom is 0.227 e. The van der Waals surface area contributed by atoms with Crippen LogP contribution >= 0.6 is 0 Å². The fourth-order valence-corrected chi connectivity index (χ4v) is 3.27. The molecule has 5 nitrogen and oxygen atoms in total. The number of anilines is 1. The van der Waals surface area contributed by atoms with Crippen LogP contribution in [0.1, 0.15) is 23.1 Å². The zero-order valence-electron chi connectivity index (χ0n) is 16.1. The number of nitrogens with one attached hydrogen (secondary N) is 1. The normalized spacial score (nSPS) is 16.5. The van der Waals surface area contributed by atoms with Crippen LogP contribution in [0.3, 0.4) is 0 Å². The van der Waals surface area contributed by atoms with Gasteiger partial charge in [0.05, 0.1) is 12.5 Å². The van der Waals surface area contributed by atoms with Gasteiger partial charge in [0.1, 0.15) is 12.4 Å². The Hall–Kier alpha value is -2.82.